The highest BCUT2D eigenvalue weighted by Gasteiger charge is 2.32. The van der Waals surface area contributed by atoms with E-state index in [0.717, 1.165) is 18.0 Å². The third-order valence-electron chi connectivity index (χ3n) is 3.03. The van der Waals surface area contributed by atoms with Crippen molar-refractivity contribution in [3.63, 3.8) is 0 Å². The largest absolute Gasteiger partial charge is 0.433 e. The summed E-state index contributed by atoms with van der Waals surface area (Å²) in [7, 11) is 1.62. The Morgan fingerprint density at radius 3 is 2.60 bits per heavy atom. The van der Waals surface area contributed by atoms with E-state index < -0.39 is 11.9 Å². The molecule has 0 aliphatic heterocycles. The first kappa shape index (κ1) is 18.4. The van der Waals surface area contributed by atoms with E-state index in [1.54, 1.807) is 13.2 Å². The van der Waals surface area contributed by atoms with E-state index in [1.165, 1.54) is 0 Å². The summed E-state index contributed by atoms with van der Waals surface area (Å²) in [4.78, 5) is 15.4. The van der Waals surface area contributed by atoms with Gasteiger partial charge in [-0.25, -0.2) is 9.97 Å². The van der Waals surface area contributed by atoms with Crippen LogP contribution < -0.4 is 16.0 Å². The predicted octanol–water partition coefficient (Wildman–Crippen LogP) is 1.67. The average Bonchev–Trinajstić information content (AvgIpc) is 2.61. The Hall–Kier alpha value is -2.91. The Morgan fingerprint density at radius 2 is 1.92 bits per heavy atom. The summed E-state index contributed by atoms with van der Waals surface area (Å²) in [6.45, 7) is 1.25. The lowest BCUT2D eigenvalue weighted by molar-refractivity contribution is -0.141. The second-order valence-electron chi connectivity index (χ2n) is 4.86. The molecule has 2 aromatic heterocycles. The fourth-order valence-corrected chi connectivity index (χ4v) is 1.85. The van der Waals surface area contributed by atoms with E-state index in [4.69, 9.17) is 0 Å². The van der Waals surface area contributed by atoms with Gasteiger partial charge in [-0.15, -0.1) is 0 Å². The fraction of sp³-hybridized carbons (Fsp3) is 0.333. The molecular weight excluding hydrogens is 335 g/mol. The number of nitrogens with one attached hydrogen (secondary N) is 3. The molecule has 0 amide bonds. The molecular formula is C15H18F3N7. The van der Waals surface area contributed by atoms with Gasteiger partial charge in [-0.05, 0) is 18.2 Å². The number of anilines is 1. The zero-order valence-corrected chi connectivity index (χ0v) is 13.5. The number of alkyl halides is 3. The highest BCUT2D eigenvalue weighted by atomic mass is 19.4. The number of hydrogen-bond acceptors (Lipinski definition) is 5. The zero-order chi connectivity index (χ0) is 18.1. The van der Waals surface area contributed by atoms with Crippen molar-refractivity contribution in [2.75, 3.05) is 25.5 Å². The second-order valence-corrected chi connectivity index (χ2v) is 4.86. The van der Waals surface area contributed by atoms with Gasteiger partial charge in [0.1, 0.15) is 5.69 Å². The number of halogens is 3. The molecule has 0 atom stereocenters. The standard InChI is InChI=1S/C15H18F3N7/c1-19-13(24-10-11-4-2-3-6-20-11)22-8-9-23-14-21-7-5-12(25-14)15(16,17)18/h2-7H,8-10H2,1H3,(H2,19,22,24)(H,21,23,25). The summed E-state index contributed by atoms with van der Waals surface area (Å²) in [5.74, 6) is 0.477. The van der Waals surface area contributed by atoms with E-state index in [0.29, 0.717) is 25.6 Å². The van der Waals surface area contributed by atoms with E-state index >= 15 is 0 Å². The second kappa shape index (κ2) is 8.81. The van der Waals surface area contributed by atoms with Gasteiger partial charge in [-0.1, -0.05) is 6.07 Å². The smallest absolute Gasteiger partial charge is 0.355 e. The molecule has 0 saturated carbocycles. The van der Waals surface area contributed by atoms with E-state index in [-0.39, 0.29) is 5.95 Å². The number of nitrogens with zero attached hydrogens (tertiary/aromatic N) is 4. The van der Waals surface area contributed by atoms with Crippen molar-refractivity contribution in [1.29, 1.82) is 0 Å². The number of pyridine rings is 1. The summed E-state index contributed by atoms with van der Waals surface area (Å²) in [5, 5.41) is 8.84. The molecule has 0 aliphatic carbocycles. The van der Waals surface area contributed by atoms with Gasteiger partial charge in [0.25, 0.3) is 0 Å². The maximum Gasteiger partial charge on any atom is 0.433 e. The molecule has 0 spiro atoms. The molecule has 0 bridgehead atoms. The van der Waals surface area contributed by atoms with Crippen molar-refractivity contribution in [1.82, 2.24) is 25.6 Å². The van der Waals surface area contributed by atoms with E-state index in [9.17, 15) is 13.2 Å². The molecule has 2 rings (SSSR count). The van der Waals surface area contributed by atoms with Crippen LogP contribution in [0.2, 0.25) is 0 Å². The van der Waals surface area contributed by atoms with Crippen LogP contribution in [0.25, 0.3) is 0 Å². The minimum Gasteiger partial charge on any atom is -0.355 e. The minimum atomic E-state index is -4.49. The van der Waals surface area contributed by atoms with Crippen molar-refractivity contribution >= 4 is 11.9 Å². The molecule has 2 aromatic rings. The van der Waals surface area contributed by atoms with Gasteiger partial charge < -0.3 is 16.0 Å². The van der Waals surface area contributed by atoms with Crippen LogP contribution in [0, 0.1) is 0 Å². The Kier molecular flexibility index (Phi) is 6.49. The van der Waals surface area contributed by atoms with Gasteiger partial charge in [-0.2, -0.15) is 13.2 Å². The number of aromatic nitrogens is 3. The lowest BCUT2D eigenvalue weighted by Crippen LogP contribution is -2.39. The molecule has 7 nitrogen and oxygen atoms in total. The highest BCUT2D eigenvalue weighted by molar-refractivity contribution is 5.79. The lowest BCUT2D eigenvalue weighted by Gasteiger charge is -2.12. The van der Waals surface area contributed by atoms with Crippen molar-refractivity contribution in [2.45, 2.75) is 12.7 Å². The Labute approximate surface area is 142 Å². The molecule has 0 saturated heterocycles. The monoisotopic (exact) mass is 353 g/mol. The molecule has 0 fully saturated rings. The van der Waals surface area contributed by atoms with Crippen LogP contribution in [-0.2, 0) is 12.7 Å². The van der Waals surface area contributed by atoms with Crippen molar-refractivity contribution in [3.8, 4) is 0 Å². The fourth-order valence-electron chi connectivity index (χ4n) is 1.85. The SMILES string of the molecule is CN=C(NCCNc1nccc(C(F)(F)F)n1)NCc1ccccn1. The third-order valence-corrected chi connectivity index (χ3v) is 3.03. The first-order valence-electron chi connectivity index (χ1n) is 7.47. The summed E-state index contributed by atoms with van der Waals surface area (Å²) in [6, 6.07) is 6.43. The predicted molar refractivity (Wildman–Crippen MR) is 88.0 cm³/mol. The topological polar surface area (TPSA) is 87.1 Å². The van der Waals surface area contributed by atoms with Crippen LogP contribution in [0.4, 0.5) is 19.1 Å². The van der Waals surface area contributed by atoms with Crippen molar-refractivity contribution < 1.29 is 13.2 Å². The van der Waals surface area contributed by atoms with Gasteiger partial charge >= 0.3 is 6.18 Å². The van der Waals surface area contributed by atoms with Crippen LogP contribution >= 0.6 is 0 Å². The normalized spacial score (nSPS) is 11.9. The summed E-state index contributed by atoms with van der Waals surface area (Å²) in [6.07, 6.45) is -1.72. The van der Waals surface area contributed by atoms with E-state index in [2.05, 4.69) is 35.9 Å². The van der Waals surface area contributed by atoms with Crippen LogP contribution in [0.1, 0.15) is 11.4 Å². The number of aliphatic imine (C=N–C) groups is 1. The lowest BCUT2D eigenvalue weighted by atomic mass is 10.3. The van der Waals surface area contributed by atoms with Gasteiger partial charge in [-0.3, -0.25) is 9.98 Å². The van der Waals surface area contributed by atoms with Gasteiger partial charge in [0, 0.05) is 32.5 Å². The summed E-state index contributed by atoms with van der Waals surface area (Å²) in [5.41, 5.74) is -0.119. The maximum absolute atomic E-state index is 12.6. The maximum atomic E-state index is 12.6. The molecule has 0 aliphatic rings. The third kappa shape index (κ3) is 6.24. The number of guanidine groups is 1. The minimum absolute atomic E-state index is 0.0759. The van der Waals surface area contributed by atoms with Gasteiger partial charge in [0.2, 0.25) is 5.95 Å². The van der Waals surface area contributed by atoms with Gasteiger partial charge in [0.15, 0.2) is 5.96 Å². The molecule has 25 heavy (non-hydrogen) atoms. The van der Waals surface area contributed by atoms with Gasteiger partial charge in [0.05, 0.1) is 12.2 Å². The van der Waals surface area contributed by atoms with Crippen molar-refractivity contribution in [3.05, 3.63) is 48.0 Å². The van der Waals surface area contributed by atoms with E-state index in [1.807, 2.05) is 18.2 Å². The Balaban J connectivity index is 1.74. The van der Waals surface area contributed by atoms with Crippen LogP contribution in [-0.4, -0.2) is 41.0 Å². The molecule has 134 valence electrons. The zero-order valence-electron chi connectivity index (χ0n) is 13.5. The Morgan fingerprint density at radius 1 is 1.08 bits per heavy atom. The van der Waals surface area contributed by atoms with Crippen LogP contribution in [0.15, 0.2) is 41.7 Å². The van der Waals surface area contributed by atoms with Crippen LogP contribution in [0.3, 0.4) is 0 Å². The average molecular weight is 353 g/mol. The number of rotatable bonds is 6. The molecule has 3 N–H and O–H groups in total. The quantitative estimate of drug-likeness (QED) is 0.416. The molecule has 0 aromatic carbocycles. The van der Waals surface area contributed by atoms with Crippen molar-refractivity contribution in [2.24, 2.45) is 4.99 Å². The molecule has 0 radical (unpaired) electrons. The Bertz CT molecular complexity index is 689. The first-order chi connectivity index (χ1) is 12.0. The van der Waals surface area contributed by atoms with Crippen LogP contribution in [0.5, 0.6) is 0 Å². The first-order valence-corrected chi connectivity index (χ1v) is 7.47. The summed E-state index contributed by atoms with van der Waals surface area (Å²) < 4.78 is 37.7. The molecule has 2 heterocycles. The number of hydrogen-bond donors (Lipinski definition) is 3. The molecule has 10 heteroatoms. The molecule has 0 unspecified atom stereocenters. The summed E-state index contributed by atoms with van der Waals surface area (Å²) >= 11 is 0. The highest BCUT2D eigenvalue weighted by Crippen LogP contribution is 2.27.